The van der Waals surface area contributed by atoms with E-state index in [1.807, 2.05) is 24.7 Å². The maximum absolute atomic E-state index is 4.74. The first-order valence-corrected chi connectivity index (χ1v) is 13.0. The van der Waals surface area contributed by atoms with Crippen LogP contribution in [0.25, 0.3) is 44.3 Å². The van der Waals surface area contributed by atoms with Crippen LogP contribution in [-0.2, 0) is 0 Å². The van der Waals surface area contributed by atoms with Crippen molar-refractivity contribution in [2.75, 3.05) is 23.3 Å². The number of rotatable bonds is 5. The fraction of sp³-hybridized carbons (Fsp3) is 0.300. The number of benzene rings is 1. The van der Waals surface area contributed by atoms with Crippen LogP contribution in [0.5, 0.6) is 0 Å². The Morgan fingerprint density at radius 2 is 1.78 bits per heavy atom. The van der Waals surface area contributed by atoms with Gasteiger partial charge in [-0.05, 0) is 55.2 Å². The Bertz CT molecular complexity index is 1600. The number of hydrogen-bond donors (Lipinski definition) is 3. The zero-order valence-electron chi connectivity index (χ0n) is 21.7. The SMILES string of the molecule is C=C(Nc1cncc(-c2ccc3[nH]nc(-c4cc5c(N6CCCCC6)nccc5[nH]4)c3c2)c1)C(C)(C)C. The molecule has 188 valence electrons. The van der Waals surface area contributed by atoms with Gasteiger partial charge < -0.3 is 15.2 Å². The van der Waals surface area contributed by atoms with Crippen LogP contribution in [0.3, 0.4) is 0 Å². The summed E-state index contributed by atoms with van der Waals surface area (Å²) < 4.78 is 0. The maximum atomic E-state index is 4.74. The Balaban J connectivity index is 1.37. The van der Waals surface area contributed by atoms with Gasteiger partial charge in [0.05, 0.1) is 28.6 Å². The number of aromatic nitrogens is 5. The number of aromatic amines is 2. The van der Waals surface area contributed by atoms with Gasteiger partial charge in [-0.1, -0.05) is 33.4 Å². The summed E-state index contributed by atoms with van der Waals surface area (Å²) >= 11 is 0. The molecular formula is C30H33N7. The van der Waals surface area contributed by atoms with E-state index in [0.717, 1.165) is 74.6 Å². The highest BCUT2D eigenvalue weighted by Gasteiger charge is 2.19. The van der Waals surface area contributed by atoms with E-state index in [1.54, 1.807) is 0 Å². The zero-order valence-corrected chi connectivity index (χ0v) is 21.7. The summed E-state index contributed by atoms with van der Waals surface area (Å²) in [6.07, 6.45) is 9.37. The molecule has 0 unspecified atom stereocenters. The summed E-state index contributed by atoms with van der Waals surface area (Å²) in [7, 11) is 0. The molecule has 0 bridgehead atoms. The second-order valence-electron chi connectivity index (χ2n) is 11.0. The van der Waals surface area contributed by atoms with E-state index >= 15 is 0 Å². The van der Waals surface area contributed by atoms with Crippen LogP contribution in [0, 0.1) is 5.41 Å². The van der Waals surface area contributed by atoms with Crippen LogP contribution >= 0.6 is 0 Å². The molecule has 0 aliphatic carbocycles. The lowest BCUT2D eigenvalue weighted by molar-refractivity contribution is 0.509. The Hall–Kier alpha value is -4.13. The summed E-state index contributed by atoms with van der Waals surface area (Å²) in [6, 6.07) is 12.7. The van der Waals surface area contributed by atoms with Gasteiger partial charge in [-0.25, -0.2) is 4.98 Å². The number of hydrogen-bond acceptors (Lipinski definition) is 5. The van der Waals surface area contributed by atoms with Crippen molar-refractivity contribution < 1.29 is 0 Å². The number of pyridine rings is 2. The number of allylic oxidation sites excluding steroid dienone is 1. The Morgan fingerprint density at radius 1 is 0.946 bits per heavy atom. The van der Waals surface area contributed by atoms with Crippen LogP contribution in [0.2, 0.25) is 0 Å². The summed E-state index contributed by atoms with van der Waals surface area (Å²) in [6.45, 7) is 12.7. The molecule has 7 heteroatoms. The molecule has 0 atom stereocenters. The van der Waals surface area contributed by atoms with Gasteiger partial charge in [-0.3, -0.25) is 10.1 Å². The Labute approximate surface area is 217 Å². The van der Waals surface area contributed by atoms with Crippen molar-refractivity contribution in [2.24, 2.45) is 5.41 Å². The molecule has 1 aliphatic rings. The van der Waals surface area contributed by atoms with E-state index in [0.29, 0.717) is 0 Å². The quantitative estimate of drug-likeness (QED) is 0.243. The average Bonchev–Trinajstić information content (AvgIpc) is 3.52. The summed E-state index contributed by atoms with van der Waals surface area (Å²) in [5, 5.41) is 13.5. The van der Waals surface area contributed by atoms with Crippen LogP contribution in [0.4, 0.5) is 11.5 Å². The van der Waals surface area contributed by atoms with Crippen molar-refractivity contribution in [1.29, 1.82) is 0 Å². The lowest BCUT2D eigenvalue weighted by Gasteiger charge is -2.28. The smallest absolute Gasteiger partial charge is 0.137 e. The normalized spacial score (nSPS) is 14.4. The molecule has 7 nitrogen and oxygen atoms in total. The number of piperidine rings is 1. The molecule has 1 aliphatic heterocycles. The molecule has 0 saturated carbocycles. The number of nitrogens with one attached hydrogen (secondary N) is 3. The Morgan fingerprint density at radius 3 is 2.59 bits per heavy atom. The maximum Gasteiger partial charge on any atom is 0.137 e. The van der Waals surface area contributed by atoms with E-state index in [2.05, 4.69) is 83.0 Å². The topological polar surface area (TPSA) is 85.5 Å². The largest absolute Gasteiger partial charge is 0.358 e. The minimum absolute atomic E-state index is 0.0381. The summed E-state index contributed by atoms with van der Waals surface area (Å²) in [5.41, 5.74) is 7.93. The molecule has 5 heterocycles. The van der Waals surface area contributed by atoms with Crippen LogP contribution in [0.15, 0.2) is 67.3 Å². The van der Waals surface area contributed by atoms with Crippen molar-refractivity contribution in [3.05, 3.63) is 67.3 Å². The minimum atomic E-state index is -0.0381. The van der Waals surface area contributed by atoms with Crippen molar-refractivity contribution in [3.63, 3.8) is 0 Å². The van der Waals surface area contributed by atoms with Gasteiger partial charge in [-0.15, -0.1) is 0 Å². The lowest BCUT2D eigenvalue weighted by Crippen LogP contribution is -2.30. The molecule has 0 spiro atoms. The Kier molecular flexibility index (Phi) is 5.71. The highest BCUT2D eigenvalue weighted by molar-refractivity contribution is 6.00. The van der Waals surface area contributed by atoms with E-state index in [-0.39, 0.29) is 5.41 Å². The first-order chi connectivity index (χ1) is 17.9. The molecule has 0 radical (unpaired) electrons. The van der Waals surface area contributed by atoms with E-state index < -0.39 is 0 Å². The predicted molar refractivity (Wildman–Crippen MR) is 153 cm³/mol. The van der Waals surface area contributed by atoms with E-state index in [4.69, 9.17) is 10.1 Å². The molecule has 0 amide bonds. The van der Waals surface area contributed by atoms with Gasteiger partial charge in [0.1, 0.15) is 11.5 Å². The van der Waals surface area contributed by atoms with Gasteiger partial charge >= 0.3 is 0 Å². The fourth-order valence-corrected chi connectivity index (χ4v) is 4.95. The van der Waals surface area contributed by atoms with Gasteiger partial charge in [0, 0.05) is 52.9 Å². The molecule has 4 aromatic heterocycles. The van der Waals surface area contributed by atoms with Crippen molar-refractivity contribution in [1.82, 2.24) is 25.1 Å². The summed E-state index contributed by atoms with van der Waals surface area (Å²) in [5.74, 6) is 1.06. The van der Waals surface area contributed by atoms with Gasteiger partial charge in [0.15, 0.2) is 0 Å². The number of H-pyrrole nitrogens is 2. The molecule has 1 fully saturated rings. The first kappa shape index (κ1) is 23.3. The predicted octanol–water partition coefficient (Wildman–Crippen LogP) is 7.13. The first-order valence-electron chi connectivity index (χ1n) is 13.0. The van der Waals surface area contributed by atoms with Gasteiger partial charge in [0.25, 0.3) is 0 Å². The van der Waals surface area contributed by atoms with Gasteiger partial charge in [-0.2, -0.15) is 5.10 Å². The molecule has 6 rings (SSSR count). The monoisotopic (exact) mass is 491 g/mol. The molecule has 1 saturated heterocycles. The van der Waals surface area contributed by atoms with Crippen LogP contribution in [-0.4, -0.2) is 38.2 Å². The number of nitrogens with zero attached hydrogens (tertiary/aromatic N) is 4. The highest BCUT2D eigenvalue weighted by atomic mass is 15.2. The third kappa shape index (κ3) is 4.46. The van der Waals surface area contributed by atoms with Crippen LogP contribution in [0.1, 0.15) is 40.0 Å². The average molecular weight is 492 g/mol. The summed E-state index contributed by atoms with van der Waals surface area (Å²) in [4.78, 5) is 15.2. The van der Waals surface area contributed by atoms with Crippen molar-refractivity contribution >= 4 is 33.3 Å². The highest BCUT2D eigenvalue weighted by Crippen LogP contribution is 2.35. The third-order valence-corrected chi connectivity index (χ3v) is 7.27. The standard InChI is InChI=1S/C30H33N7/c1-19(30(2,3)4)33-22-14-21(17-31-18-22)20-8-9-26-23(15-20)28(36-35-26)27-16-24-25(34-27)10-11-32-29(24)37-12-6-5-7-13-37/h8-11,14-18,33-34H,1,5-7,12-13H2,2-4H3,(H,35,36). The van der Waals surface area contributed by atoms with Crippen LogP contribution < -0.4 is 10.2 Å². The molecular weight excluding hydrogens is 458 g/mol. The third-order valence-electron chi connectivity index (χ3n) is 7.27. The molecule has 3 N–H and O–H groups in total. The van der Waals surface area contributed by atoms with E-state index in [1.165, 1.54) is 19.3 Å². The molecule has 5 aromatic rings. The molecule has 1 aromatic carbocycles. The number of anilines is 2. The van der Waals surface area contributed by atoms with Gasteiger partial charge in [0.2, 0.25) is 0 Å². The second-order valence-corrected chi connectivity index (χ2v) is 11.0. The second kappa shape index (κ2) is 9.07. The lowest BCUT2D eigenvalue weighted by atomic mass is 9.93. The number of fused-ring (bicyclic) bond motifs is 2. The van der Waals surface area contributed by atoms with E-state index in [9.17, 15) is 0 Å². The van der Waals surface area contributed by atoms with Crippen molar-refractivity contribution in [3.8, 4) is 22.5 Å². The fourth-order valence-electron chi connectivity index (χ4n) is 4.95. The minimum Gasteiger partial charge on any atom is -0.358 e. The van der Waals surface area contributed by atoms with Crippen molar-refractivity contribution in [2.45, 2.75) is 40.0 Å². The molecule has 37 heavy (non-hydrogen) atoms. The zero-order chi connectivity index (χ0) is 25.6.